The zero-order chi connectivity index (χ0) is 18.3. The first-order valence-corrected chi connectivity index (χ1v) is 7.85. The summed E-state index contributed by atoms with van der Waals surface area (Å²) < 4.78 is 5.40. The molecule has 24 heavy (non-hydrogen) atoms. The van der Waals surface area contributed by atoms with Gasteiger partial charge in [0.2, 0.25) is 0 Å². The van der Waals surface area contributed by atoms with Crippen LogP contribution in [0.4, 0.5) is 0 Å². The van der Waals surface area contributed by atoms with Crippen LogP contribution in [0.2, 0.25) is 0 Å². The molecule has 0 unspecified atom stereocenters. The number of hydrogen-bond acceptors (Lipinski definition) is 2. The van der Waals surface area contributed by atoms with E-state index in [4.69, 9.17) is 9.84 Å². The van der Waals surface area contributed by atoms with Crippen LogP contribution in [0.1, 0.15) is 36.1 Å². The molecule has 0 amide bonds. The van der Waals surface area contributed by atoms with Gasteiger partial charge in [0.1, 0.15) is 5.75 Å². The van der Waals surface area contributed by atoms with Crippen molar-refractivity contribution in [2.45, 2.75) is 34.6 Å². The minimum Gasteiger partial charge on any atom is -0.496 e. The summed E-state index contributed by atoms with van der Waals surface area (Å²) in [5, 5.41) is 8.67. The van der Waals surface area contributed by atoms with Crippen LogP contribution >= 0.6 is 0 Å². The van der Waals surface area contributed by atoms with Crippen molar-refractivity contribution in [3.8, 4) is 5.75 Å². The van der Waals surface area contributed by atoms with E-state index >= 15 is 0 Å². The van der Waals surface area contributed by atoms with E-state index in [1.165, 1.54) is 22.8 Å². The lowest BCUT2D eigenvalue weighted by atomic mass is 9.96. The predicted molar refractivity (Wildman–Crippen MR) is 101 cm³/mol. The first-order chi connectivity index (χ1) is 11.3. The lowest BCUT2D eigenvalue weighted by molar-refractivity contribution is -0.131. The highest BCUT2D eigenvalue weighted by Gasteiger charge is 2.08. The molecule has 0 aromatic heterocycles. The molecule has 0 spiro atoms. The normalized spacial score (nSPS) is 13.1. The molecule has 1 rings (SSSR count). The Morgan fingerprint density at radius 2 is 1.75 bits per heavy atom. The maximum atomic E-state index is 10.6. The summed E-state index contributed by atoms with van der Waals surface area (Å²) in [4.78, 5) is 10.6. The van der Waals surface area contributed by atoms with E-state index in [-0.39, 0.29) is 0 Å². The molecule has 0 heterocycles. The third-order valence-corrected chi connectivity index (χ3v) is 3.91. The molecule has 0 fully saturated rings. The number of hydrogen-bond donors (Lipinski definition) is 1. The lowest BCUT2D eigenvalue weighted by Crippen LogP contribution is -1.95. The van der Waals surface area contributed by atoms with E-state index in [0.717, 1.165) is 16.9 Å². The molecule has 0 atom stereocenters. The summed E-state index contributed by atoms with van der Waals surface area (Å²) in [6.45, 7) is 10.0. The van der Waals surface area contributed by atoms with Crippen molar-refractivity contribution in [3.63, 3.8) is 0 Å². The van der Waals surface area contributed by atoms with Gasteiger partial charge in [-0.3, -0.25) is 0 Å². The first-order valence-electron chi connectivity index (χ1n) is 7.85. The molecule has 3 heteroatoms. The van der Waals surface area contributed by atoms with Gasteiger partial charge in [-0.25, -0.2) is 4.79 Å². The number of carboxylic acids is 1. The van der Waals surface area contributed by atoms with Crippen molar-refractivity contribution in [3.05, 3.63) is 69.8 Å². The second-order valence-corrected chi connectivity index (χ2v) is 5.89. The highest BCUT2D eigenvalue weighted by Crippen LogP contribution is 2.28. The number of benzene rings is 1. The molecule has 0 aliphatic heterocycles. The van der Waals surface area contributed by atoms with Gasteiger partial charge in [0.15, 0.2) is 0 Å². The Bertz CT molecular complexity index is 732. The smallest absolute Gasteiger partial charge is 0.328 e. The number of methoxy groups -OCH3 is 1. The zero-order valence-electron chi connectivity index (χ0n) is 15.3. The van der Waals surface area contributed by atoms with Gasteiger partial charge >= 0.3 is 5.97 Å². The van der Waals surface area contributed by atoms with Crippen molar-refractivity contribution in [1.29, 1.82) is 0 Å². The van der Waals surface area contributed by atoms with Gasteiger partial charge in [0.25, 0.3) is 0 Å². The Hall–Kier alpha value is -2.55. The van der Waals surface area contributed by atoms with E-state index in [1.54, 1.807) is 20.1 Å². The average Bonchev–Trinajstić information content (AvgIpc) is 2.50. The van der Waals surface area contributed by atoms with Gasteiger partial charge in [0.05, 0.1) is 7.11 Å². The zero-order valence-corrected chi connectivity index (χ0v) is 15.3. The monoisotopic (exact) mass is 326 g/mol. The van der Waals surface area contributed by atoms with E-state index in [2.05, 4.69) is 39.0 Å². The topological polar surface area (TPSA) is 46.5 Å². The van der Waals surface area contributed by atoms with Crippen molar-refractivity contribution in [2.24, 2.45) is 0 Å². The SMILES string of the molecule is COc1cc(C)c(/C=C/C(C)=C\C=C/C(C)=C\C(=O)O)c(C)c1C. The van der Waals surface area contributed by atoms with Crippen LogP contribution in [0.5, 0.6) is 5.75 Å². The standard InChI is InChI=1S/C21H26O3/c1-14(8-7-9-15(2)12-21(22)23)10-11-19-16(3)13-20(24-6)18(5)17(19)4/h7-13H,1-6H3,(H,22,23)/b9-7-,11-10+,14-8-,15-12-. The Morgan fingerprint density at radius 3 is 2.33 bits per heavy atom. The molecule has 1 aromatic carbocycles. The predicted octanol–water partition coefficient (Wildman–Crippen LogP) is 5.17. The summed E-state index contributed by atoms with van der Waals surface area (Å²) in [7, 11) is 1.69. The highest BCUT2D eigenvalue weighted by atomic mass is 16.5. The number of aliphatic carboxylic acids is 1. The van der Waals surface area contributed by atoms with Crippen molar-refractivity contribution in [1.82, 2.24) is 0 Å². The van der Waals surface area contributed by atoms with Gasteiger partial charge in [-0.2, -0.15) is 0 Å². The Kier molecular flexibility index (Phi) is 7.25. The Labute approximate surface area is 144 Å². The average molecular weight is 326 g/mol. The molecule has 1 N–H and O–H groups in total. The molecule has 128 valence electrons. The lowest BCUT2D eigenvalue weighted by Gasteiger charge is -2.13. The number of rotatable bonds is 6. The molecular weight excluding hydrogens is 300 g/mol. The fourth-order valence-electron chi connectivity index (χ4n) is 2.40. The number of ether oxygens (including phenoxy) is 1. The molecular formula is C21H26O3. The van der Waals surface area contributed by atoms with E-state index in [0.29, 0.717) is 5.57 Å². The van der Waals surface area contributed by atoms with E-state index < -0.39 is 5.97 Å². The van der Waals surface area contributed by atoms with Gasteiger partial charge < -0.3 is 9.84 Å². The maximum absolute atomic E-state index is 10.6. The van der Waals surface area contributed by atoms with Crippen LogP contribution in [-0.4, -0.2) is 18.2 Å². The number of carbonyl (C=O) groups is 1. The minimum atomic E-state index is -0.932. The molecule has 0 saturated heterocycles. The van der Waals surface area contributed by atoms with Gasteiger partial charge in [0, 0.05) is 6.08 Å². The number of allylic oxidation sites excluding steroid dienone is 6. The largest absolute Gasteiger partial charge is 0.496 e. The second kappa shape index (κ2) is 8.92. The summed E-state index contributed by atoms with van der Waals surface area (Å²) in [5.74, 6) is -0.0170. The van der Waals surface area contributed by atoms with Crippen LogP contribution in [0.3, 0.4) is 0 Å². The Morgan fingerprint density at radius 1 is 1.08 bits per heavy atom. The van der Waals surface area contributed by atoms with Crippen LogP contribution in [0.25, 0.3) is 6.08 Å². The third-order valence-electron chi connectivity index (χ3n) is 3.91. The fourth-order valence-corrected chi connectivity index (χ4v) is 2.40. The summed E-state index contributed by atoms with van der Waals surface area (Å²) in [6.07, 6.45) is 10.9. The maximum Gasteiger partial charge on any atom is 0.328 e. The molecule has 3 nitrogen and oxygen atoms in total. The molecule has 0 saturated carbocycles. The van der Waals surface area contributed by atoms with Crippen LogP contribution in [-0.2, 0) is 4.79 Å². The first kappa shape index (κ1) is 19.5. The highest BCUT2D eigenvalue weighted by molar-refractivity contribution is 5.81. The van der Waals surface area contributed by atoms with Crippen LogP contribution in [0, 0.1) is 20.8 Å². The fraction of sp³-hybridized carbons (Fsp3) is 0.286. The third kappa shape index (κ3) is 5.58. The molecule has 1 aromatic rings. The number of carboxylic acid groups (broad SMARTS) is 1. The molecule has 0 aliphatic rings. The second-order valence-electron chi connectivity index (χ2n) is 5.89. The van der Waals surface area contributed by atoms with Crippen molar-refractivity contribution >= 4 is 12.0 Å². The van der Waals surface area contributed by atoms with E-state index in [1.807, 2.05) is 19.1 Å². The number of aryl methyl sites for hydroxylation is 1. The summed E-state index contributed by atoms with van der Waals surface area (Å²) in [5.41, 5.74) is 6.53. The summed E-state index contributed by atoms with van der Waals surface area (Å²) in [6, 6.07) is 2.06. The summed E-state index contributed by atoms with van der Waals surface area (Å²) >= 11 is 0. The molecule has 0 radical (unpaired) electrons. The van der Waals surface area contributed by atoms with Gasteiger partial charge in [-0.1, -0.05) is 36.0 Å². The molecule has 0 bridgehead atoms. The van der Waals surface area contributed by atoms with Crippen molar-refractivity contribution < 1.29 is 14.6 Å². The van der Waals surface area contributed by atoms with Crippen molar-refractivity contribution in [2.75, 3.05) is 7.11 Å². The van der Waals surface area contributed by atoms with Gasteiger partial charge in [-0.15, -0.1) is 0 Å². The quantitative estimate of drug-likeness (QED) is 0.579. The minimum absolute atomic E-state index is 0.702. The van der Waals surface area contributed by atoms with Crippen LogP contribution in [0.15, 0.2) is 47.6 Å². The molecule has 0 aliphatic carbocycles. The Balaban J connectivity index is 2.97. The van der Waals surface area contributed by atoms with E-state index in [9.17, 15) is 4.79 Å². The van der Waals surface area contributed by atoms with Crippen LogP contribution < -0.4 is 4.74 Å². The van der Waals surface area contributed by atoms with Gasteiger partial charge in [-0.05, 0) is 68.5 Å².